The smallest absolute Gasteiger partial charge is 0.178 e. The van der Waals surface area contributed by atoms with Crippen LogP contribution >= 0.6 is 12.4 Å². The molecular weight excluding hydrogens is 436 g/mol. The van der Waals surface area contributed by atoms with E-state index >= 15 is 0 Å². The highest BCUT2D eigenvalue weighted by atomic mass is 35.5. The molecule has 1 fully saturated rings. The molecule has 4 heterocycles. The van der Waals surface area contributed by atoms with E-state index in [1.54, 1.807) is 0 Å². The maximum Gasteiger partial charge on any atom is 0.178 e. The molecule has 6 rings (SSSR count). The van der Waals surface area contributed by atoms with Crippen LogP contribution in [0.15, 0.2) is 36.7 Å². The van der Waals surface area contributed by atoms with Gasteiger partial charge in [0.15, 0.2) is 5.65 Å². The number of halogens is 1. The van der Waals surface area contributed by atoms with Gasteiger partial charge in [-0.1, -0.05) is 18.2 Å². The van der Waals surface area contributed by atoms with Crippen LogP contribution in [0.4, 0.5) is 0 Å². The molecule has 0 amide bonds. The molecule has 2 aliphatic rings. The molecule has 1 aliphatic heterocycles. The summed E-state index contributed by atoms with van der Waals surface area (Å²) in [4.78, 5) is 12.9. The van der Waals surface area contributed by atoms with Gasteiger partial charge in [0.2, 0.25) is 0 Å². The Balaban J connectivity index is 0.00000228. The van der Waals surface area contributed by atoms with Crippen LogP contribution in [0.1, 0.15) is 54.6 Å². The number of nitrogens with one attached hydrogen (secondary N) is 1. The van der Waals surface area contributed by atoms with E-state index in [9.17, 15) is 0 Å². The number of imidazole rings is 1. The minimum Gasteiger partial charge on any atom is -0.381 e. The lowest BCUT2D eigenvalue weighted by atomic mass is 9.86. The van der Waals surface area contributed by atoms with Gasteiger partial charge in [-0.15, -0.1) is 12.4 Å². The zero-order valence-electron chi connectivity index (χ0n) is 18.8. The molecule has 0 spiro atoms. The van der Waals surface area contributed by atoms with Gasteiger partial charge in [0.25, 0.3) is 0 Å². The van der Waals surface area contributed by atoms with Crippen LogP contribution in [0.2, 0.25) is 0 Å². The molecule has 1 aromatic carbocycles. The maximum absolute atomic E-state index is 6.32. The van der Waals surface area contributed by atoms with Crippen LogP contribution in [-0.4, -0.2) is 37.9 Å². The Morgan fingerprint density at radius 1 is 1.12 bits per heavy atom. The monoisotopic (exact) mass is 464 g/mol. The number of ether oxygens (including phenoxy) is 1. The molecule has 3 N–H and O–H groups in total. The van der Waals surface area contributed by atoms with Crippen molar-refractivity contribution >= 4 is 23.6 Å². The van der Waals surface area contributed by atoms with Crippen LogP contribution in [0, 0.1) is 6.92 Å². The van der Waals surface area contributed by atoms with Crippen LogP contribution in [0.5, 0.6) is 0 Å². The molecule has 0 bridgehead atoms. The molecule has 7 nitrogen and oxygen atoms in total. The SMILES string of the molecule is Cc1nn(C2CCOCC2)cc1-c1nc2nccc(-c3ccc4c(c3)CCCC4N)c2[nH]1.Cl. The predicted molar refractivity (Wildman–Crippen MR) is 131 cm³/mol. The summed E-state index contributed by atoms with van der Waals surface area (Å²) in [7, 11) is 0. The van der Waals surface area contributed by atoms with Gasteiger partial charge in [0.1, 0.15) is 5.82 Å². The summed E-state index contributed by atoms with van der Waals surface area (Å²) in [6.45, 7) is 3.63. The van der Waals surface area contributed by atoms with Gasteiger partial charge >= 0.3 is 0 Å². The number of nitrogens with two attached hydrogens (primary N) is 1. The molecule has 33 heavy (non-hydrogen) atoms. The molecule has 1 unspecified atom stereocenters. The van der Waals surface area contributed by atoms with Gasteiger partial charge in [0.05, 0.1) is 22.8 Å². The molecule has 4 aromatic rings. The molecule has 1 saturated heterocycles. The summed E-state index contributed by atoms with van der Waals surface area (Å²) in [6.07, 6.45) is 9.24. The van der Waals surface area contributed by atoms with Crippen LogP contribution in [0.3, 0.4) is 0 Å². The normalized spacial score (nSPS) is 18.8. The van der Waals surface area contributed by atoms with E-state index in [-0.39, 0.29) is 18.4 Å². The Morgan fingerprint density at radius 2 is 1.97 bits per heavy atom. The first kappa shape index (κ1) is 22.1. The number of rotatable bonds is 3. The Hall–Kier alpha value is -2.74. The van der Waals surface area contributed by atoms with Gasteiger partial charge in [0, 0.05) is 37.2 Å². The number of aromatic nitrogens is 5. The van der Waals surface area contributed by atoms with E-state index in [0.717, 1.165) is 79.1 Å². The fourth-order valence-electron chi connectivity index (χ4n) is 5.15. The first-order chi connectivity index (χ1) is 15.7. The Labute approximate surface area is 199 Å². The first-order valence-electron chi connectivity index (χ1n) is 11.5. The largest absolute Gasteiger partial charge is 0.381 e. The lowest BCUT2D eigenvalue weighted by Crippen LogP contribution is -2.19. The second-order valence-corrected chi connectivity index (χ2v) is 9.01. The number of aromatic amines is 1. The van der Waals surface area contributed by atoms with E-state index in [0.29, 0.717) is 6.04 Å². The topological polar surface area (TPSA) is 94.6 Å². The summed E-state index contributed by atoms with van der Waals surface area (Å²) in [5, 5.41) is 4.79. The van der Waals surface area contributed by atoms with Crippen LogP contribution < -0.4 is 5.73 Å². The van der Waals surface area contributed by atoms with Crippen LogP contribution in [-0.2, 0) is 11.2 Å². The molecule has 172 valence electrons. The van der Waals surface area contributed by atoms with Crippen molar-refractivity contribution in [3.8, 4) is 22.5 Å². The average molecular weight is 465 g/mol. The van der Waals surface area contributed by atoms with E-state index in [4.69, 9.17) is 20.6 Å². The van der Waals surface area contributed by atoms with E-state index in [2.05, 4.69) is 45.1 Å². The number of pyridine rings is 1. The Kier molecular flexibility index (Phi) is 5.95. The summed E-state index contributed by atoms with van der Waals surface area (Å²) in [6, 6.07) is 9.26. The molecule has 0 radical (unpaired) electrons. The molecule has 0 saturated carbocycles. The molecule has 1 atom stereocenters. The van der Waals surface area contributed by atoms with Crippen molar-refractivity contribution in [1.29, 1.82) is 0 Å². The third-order valence-corrected chi connectivity index (χ3v) is 6.94. The van der Waals surface area contributed by atoms with Gasteiger partial charge in [-0.3, -0.25) is 4.68 Å². The lowest BCUT2D eigenvalue weighted by molar-refractivity contribution is 0.0662. The van der Waals surface area contributed by atoms with Crippen molar-refractivity contribution in [2.75, 3.05) is 13.2 Å². The Bertz CT molecular complexity index is 1290. The highest BCUT2D eigenvalue weighted by Gasteiger charge is 2.21. The third-order valence-electron chi connectivity index (χ3n) is 6.94. The van der Waals surface area contributed by atoms with Crippen LogP contribution in [0.25, 0.3) is 33.7 Å². The third kappa shape index (κ3) is 3.94. The van der Waals surface area contributed by atoms with Crippen molar-refractivity contribution in [1.82, 2.24) is 24.7 Å². The van der Waals surface area contributed by atoms with E-state index in [1.807, 2.05) is 13.1 Å². The van der Waals surface area contributed by atoms with Crippen molar-refractivity contribution in [3.63, 3.8) is 0 Å². The van der Waals surface area contributed by atoms with E-state index < -0.39 is 0 Å². The van der Waals surface area contributed by atoms with Crippen molar-refractivity contribution < 1.29 is 4.74 Å². The number of benzene rings is 1. The first-order valence-corrected chi connectivity index (χ1v) is 11.5. The van der Waals surface area contributed by atoms with Crippen molar-refractivity contribution in [2.24, 2.45) is 5.73 Å². The summed E-state index contributed by atoms with van der Waals surface area (Å²) in [5.74, 6) is 0.816. The molecular formula is C25H29ClN6O. The fourth-order valence-corrected chi connectivity index (χ4v) is 5.15. The minimum absolute atomic E-state index is 0. The van der Waals surface area contributed by atoms with Gasteiger partial charge in [-0.05, 0) is 61.8 Å². The standard InChI is InChI=1S/C25H28N6O.ClH/c1-15-21(14-31(30-15)18-8-11-32-12-9-18)24-28-23-20(7-10-27-25(23)29-24)17-5-6-19-16(13-17)3-2-4-22(19)26;/h5-7,10,13-14,18,22H,2-4,8-9,11-12,26H2,1H3,(H,27,28,29);1H. The van der Waals surface area contributed by atoms with Crippen molar-refractivity contribution in [2.45, 2.75) is 51.1 Å². The predicted octanol–water partition coefficient (Wildman–Crippen LogP) is 4.91. The van der Waals surface area contributed by atoms with Gasteiger partial charge in [-0.2, -0.15) is 5.10 Å². The quantitative estimate of drug-likeness (QED) is 0.449. The summed E-state index contributed by atoms with van der Waals surface area (Å²) in [5.41, 5.74) is 14.9. The highest BCUT2D eigenvalue weighted by molar-refractivity contribution is 5.91. The number of hydrogen-bond donors (Lipinski definition) is 2. The van der Waals surface area contributed by atoms with Gasteiger partial charge in [-0.25, -0.2) is 9.97 Å². The lowest BCUT2D eigenvalue weighted by Gasteiger charge is -2.22. The molecule has 8 heteroatoms. The minimum atomic E-state index is 0. The summed E-state index contributed by atoms with van der Waals surface area (Å²) < 4.78 is 7.59. The zero-order chi connectivity index (χ0) is 21.7. The molecule has 1 aliphatic carbocycles. The number of H-pyrrole nitrogens is 1. The van der Waals surface area contributed by atoms with E-state index in [1.165, 1.54) is 16.7 Å². The second kappa shape index (κ2) is 8.89. The average Bonchev–Trinajstić information content (AvgIpc) is 3.43. The molecule has 3 aromatic heterocycles. The zero-order valence-corrected chi connectivity index (χ0v) is 19.6. The number of hydrogen-bond acceptors (Lipinski definition) is 5. The Morgan fingerprint density at radius 3 is 2.82 bits per heavy atom. The number of fused-ring (bicyclic) bond motifs is 2. The second-order valence-electron chi connectivity index (χ2n) is 9.01. The van der Waals surface area contributed by atoms with Crippen molar-refractivity contribution in [3.05, 3.63) is 53.5 Å². The highest BCUT2D eigenvalue weighted by Crippen LogP contribution is 2.34. The number of nitrogens with zero attached hydrogens (tertiary/aromatic N) is 4. The maximum atomic E-state index is 6.32. The number of aryl methyl sites for hydroxylation is 2. The fraction of sp³-hybridized carbons (Fsp3) is 0.400. The summed E-state index contributed by atoms with van der Waals surface area (Å²) >= 11 is 0. The van der Waals surface area contributed by atoms with Gasteiger partial charge < -0.3 is 15.5 Å².